The van der Waals surface area contributed by atoms with Crippen molar-refractivity contribution in [1.29, 1.82) is 0 Å². The Morgan fingerprint density at radius 2 is 1.71 bits per heavy atom. The molecule has 1 amide bonds. The van der Waals surface area contributed by atoms with Crippen LogP contribution in [-0.4, -0.2) is 20.5 Å². The Labute approximate surface area is 174 Å². The summed E-state index contributed by atoms with van der Waals surface area (Å²) in [6.07, 6.45) is -3.70. The molecule has 158 valence electrons. The number of anilines is 1. The van der Waals surface area contributed by atoms with E-state index in [1.807, 2.05) is 19.9 Å². The number of carbonyl (C=O) groups excluding carboxylic acids is 1. The summed E-state index contributed by atoms with van der Waals surface area (Å²) in [4.78, 5) is 17.0. The highest BCUT2D eigenvalue weighted by molar-refractivity contribution is 6.08. The molecule has 0 aliphatic rings. The molecule has 0 unspecified atom stereocenters. The number of carbonyl (C=O) groups is 1. The molecule has 1 N–H and O–H groups in total. The predicted molar refractivity (Wildman–Crippen MR) is 107 cm³/mol. The molecule has 2 aromatic carbocycles. The molecule has 31 heavy (non-hydrogen) atoms. The van der Waals surface area contributed by atoms with Gasteiger partial charge in [0.15, 0.2) is 11.3 Å². The Hall–Kier alpha value is -3.75. The highest BCUT2D eigenvalue weighted by Crippen LogP contribution is 2.33. The molecule has 2 aromatic heterocycles. The maximum atomic E-state index is 13.7. The quantitative estimate of drug-likeness (QED) is 0.443. The van der Waals surface area contributed by atoms with E-state index in [0.29, 0.717) is 10.2 Å². The molecule has 2 heterocycles. The van der Waals surface area contributed by atoms with E-state index in [9.17, 15) is 22.4 Å². The molecule has 0 spiro atoms. The van der Waals surface area contributed by atoms with Gasteiger partial charge in [0.2, 0.25) is 0 Å². The Morgan fingerprint density at radius 1 is 1.00 bits per heavy atom. The van der Waals surface area contributed by atoms with Gasteiger partial charge in [-0.15, -0.1) is 0 Å². The van der Waals surface area contributed by atoms with Crippen LogP contribution >= 0.6 is 0 Å². The fraction of sp³-hybridized carbons (Fsp3) is 0.136. The zero-order valence-corrected chi connectivity index (χ0v) is 16.5. The predicted octanol–water partition coefficient (Wildman–Crippen LogP) is 5.42. The Balaban J connectivity index is 1.82. The minimum absolute atomic E-state index is 0.0550. The molecular weight excluding hydrogens is 412 g/mol. The van der Waals surface area contributed by atoms with Crippen LogP contribution in [0.3, 0.4) is 0 Å². The van der Waals surface area contributed by atoms with E-state index < -0.39 is 23.6 Å². The maximum absolute atomic E-state index is 13.7. The van der Waals surface area contributed by atoms with Crippen LogP contribution in [0.1, 0.15) is 27.2 Å². The number of benzene rings is 2. The lowest BCUT2D eigenvalue weighted by atomic mass is 10.1. The van der Waals surface area contributed by atoms with Gasteiger partial charge in [0.05, 0.1) is 11.9 Å². The van der Waals surface area contributed by atoms with Crippen molar-refractivity contribution in [3.8, 4) is 11.3 Å². The summed E-state index contributed by atoms with van der Waals surface area (Å²) in [5.41, 5.74) is 1.24. The van der Waals surface area contributed by atoms with Gasteiger partial charge in [-0.25, -0.2) is 13.9 Å². The van der Waals surface area contributed by atoms with Crippen LogP contribution in [0.15, 0.2) is 54.7 Å². The summed E-state index contributed by atoms with van der Waals surface area (Å²) < 4.78 is 54.8. The minimum Gasteiger partial charge on any atom is -0.322 e. The van der Waals surface area contributed by atoms with Gasteiger partial charge in [-0.05, 0) is 67.4 Å². The third-order valence-corrected chi connectivity index (χ3v) is 4.91. The first-order chi connectivity index (χ1) is 14.6. The van der Waals surface area contributed by atoms with Crippen molar-refractivity contribution in [3.05, 3.63) is 82.9 Å². The second-order valence-corrected chi connectivity index (χ2v) is 7.08. The van der Waals surface area contributed by atoms with E-state index in [-0.39, 0.29) is 22.5 Å². The second-order valence-electron chi connectivity index (χ2n) is 7.08. The first kappa shape index (κ1) is 20.5. The normalized spacial score (nSPS) is 11.7. The number of rotatable bonds is 3. The van der Waals surface area contributed by atoms with Crippen LogP contribution in [0.5, 0.6) is 0 Å². The van der Waals surface area contributed by atoms with Gasteiger partial charge in [0.1, 0.15) is 11.4 Å². The molecule has 0 aliphatic heterocycles. The van der Waals surface area contributed by atoms with E-state index in [1.165, 1.54) is 12.1 Å². The third kappa shape index (κ3) is 3.98. The largest absolute Gasteiger partial charge is 0.433 e. The number of nitrogens with zero attached hydrogens (tertiary/aromatic N) is 3. The van der Waals surface area contributed by atoms with Crippen molar-refractivity contribution < 1.29 is 22.4 Å². The van der Waals surface area contributed by atoms with E-state index in [0.717, 1.165) is 35.5 Å². The lowest BCUT2D eigenvalue weighted by molar-refractivity contribution is -0.142. The number of alkyl halides is 3. The monoisotopic (exact) mass is 428 g/mol. The molecule has 4 rings (SSSR count). The molecule has 0 radical (unpaired) electrons. The SMILES string of the molecule is Cc1ccc(NC(=O)c2cnn3c(C(F)(F)F)cc(-c4ccc(F)cc4)nc23)cc1C. The van der Waals surface area contributed by atoms with Crippen molar-refractivity contribution in [2.24, 2.45) is 0 Å². The van der Waals surface area contributed by atoms with Crippen LogP contribution in [0.2, 0.25) is 0 Å². The summed E-state index contributed by atoms with van der Waals surface area (Å²) >= 11 is 0. The van der Waals surface area contributed by atoms with Gasteiger partial charge in [-0.3, -0.25) is 4.79 Å². The number of amides is 1. The maximum Gasteiger partial charge on any atom is 0.433 e. The second kappa shape index (κ2) is 7.50. The zero-order chi connectivity index (χ0) is 22.3. The van der Waals surface area contributed by atoms with E-state index in [1.54, 1.807) is 12.1 Å². The smallest absolute Gasteiger partial charge is 0.322 e. The number of hydrogen-bond donors (Lipinski definition) is 1. The lowest BCUT2D eigenvalue weighted by Crippen LogP contribution is -2.16. The molecule has 0 bridgehead atoms. The Kier molecular flexibility index (Phi) is 4.96. The van der Waals surface area contributed by atoms with Gasteiger partial charge < -0.3 is 5.32 Å². The summed E-state index contributed by atoms with van der Waals surface area (Å²) in [5.74, 6) is -1.17. The number of hydrogen-bond acceptors (Lipinski definition) is 3. The van der Waals surface area contributed by atoms with Crippen LogP contribution in [0, 0.1) is 19.7 Å². The summed E-state index contributed by atoms with van der Waals surface area (Å²) in [6.45, 7) is 3.80. The number of nitrogens with one attached hydrogen (secondary N) is 1. The molecule has 0 aliphatic carbocycles. The molecule has 0 atom stereocenters. The lowest BCUT2D eigenvalue weighted by Gasteiger charge is -2.12. The van der Waals surface area contributed by atoms with Crippen LogP contribution in [-0.2, 0) is 6.18 Å². The van der Waals surface area contributed by atoms with Crippen molar-refractivity contribution in [2.75, 3.05) is 5.32 Å². The van der Waals surface area contributed by atoms with Gasteiger partial charge in [0, 0.05) is 11.3 Å². The Morgan fingerprint density at radius 3 is 2.35 bits per heavy atom. The number of halogens is 4. The van der Waals surface area contributed by atoms with Crippen LogP contribution in [0.4, 0.5) is 23.2 Å². The van der Waals surface area contributed by atoms with Crippen molar-refractivity contribution in [3.63, 3.8) is 0 Å². The summed E-state index contributed by atoms with van der Waals surface area (Å²) in [7, 11) is 0. The minimum atomic E-state index is -4.75. The Bertz CT molecular complexity index is 1290. The van der Waals surface area contributed by atoms with Crippen molar-refractivity contribution >= 4 is 17.2 Å². The standard InChI is InChI=1S/C22H16F4N4O/c1-12-3-8-16(9-13(12)2)28-21(31)17-11-27-30-19(22(24,25)26)10-18(29-20(17)30)14-4-6-15(23)7-5-14/h3-11H,1-2H3,(H,28,31). The number of aryl methyl sites for hydroxylation is 2. The van der Waals surface area contributed by atoms with Crippen molar-refractivity contribution in [1.82, 2.24) is 14.6 Å². The topological polar surface area (TPSA) is 59.3 Å². The first-order valence-corrected chi connectivity index (χ1v) is 9.24. The number of fused-ring (bicyclic) bond motifs is 1. The van der Waals surface area contributed by atoms with Gasteiger partial charge >= 0.3 is 6.18 Å². The van der Waals surface area contributed by atoms with Crippen molar-refractivity contribution in [2.45, 2.75) is 20.0 Å². The highest BCUT2D eigenvalue weighted by atomic mass is 19.4. The molecule has 5 nitrogen and oxygen atoms in total. The molecule has 0 saturated carbocycles. The third-order valence-electron chi connectivity index (χ3n) is 4.91. The summed E-state index contributed by atoms with van der Waals surface area (Å²) in [6, 6.07) is 11.0. The molecule has 9 heteroatoms. The average Bonchev–Trinajstić information content (AvgIpc) is 3.14. The average molecular weight is 428 g/mol. The fourth-order valence-electron chi connectivity index (χ4n) is 3.11. The van der Waals surface area contributed by atoms with Crippen LogP contribution in [0.25, 0.3) is 16.9 Å². The van der Waals surface area contributed by atoms with Gasteiger partial charge in [-0.1, -0.05) is 6.07 Å². The molecule has 0 fully saturated rings. The van der Waals surface area contributed by atoms with E-state index in [4.69, 9.17) is 0 Å². The first-order valence-electron chi connectivity index (χ1n) is 9.24. The highest BCUT2D eigenvalue weighted by Gasteiger charge is 2.36. The molecule has 0 saturated heterocycles. The van der Waals surface area contributed by atoms with E-state index in [2.05, 4.69) is 15.4 Å². The molecular formula is C22H16F4N4O. The van der Waals surface area contributed by atoms with Gasteiger partial charge in [-0.2, -0.15) is 18.3 Å². The van der Waals surface area contributed by atoms with Gasteiger partial charge in [0.25, 0.3) is 5.91 Å². The van der Waals surface area contributed by atoms with Crippen LogP contribution < -0.4 is 5.32 Å². The fourth-order valence-corrected chi connectivity index (χ4v) is 3.11. The molecule has 4 aromatic rings. The zero-order valence-electron chi connectivity index (χ0n) is 16.5. The number of aromatic nitrogens is 3. The summed E-state index contributed by atoms with van der Waals surface area (Å²) in [5, 5.41) is 6.41. The van der Waals surface area contributed by atoms with E-state index >= 15 is 0 Å².